The Labute approximate surface area is 141 Å². The van der Waals surface area contributed by atoms with Gasteiger partial charge in [-0.2, -0.15) is 0 Å². The van der Waals surface area contributed by atoms with Crippen LogP contribution in [0.15, 0.2) is 48.5 Å². The minimum atomic E-state index is -0.529. The summed E-state index contributed by atoms with van der Waals surface area (Å²) in [5.41, 5.74) is 1.91. The monoisotopic (exact) mass is 328 g/mol. The number of para-hydroxylation sites is 1. The van der Waals surface area contributed by atoms with E-state index in [-0.39, 0.29) is 24.0 Å². The van der Waals surface area contributed by atoms with Crippen LogP contribution in [0.1, 0.15) is 19.4 Å². The van der Waals surface area contributed by atoms with Crippen molar-refractivity contribution >= 4 is 23.2 Å². The van der Waals surface area contributed by atoms with Crippen LogP contribution in [0.2, 0.25) is 0 Å². The lowest BCUT2D eigenvalue weighted by molar-refractivity contribution is -0.121. The zero-order valence-corrected chi connectivity index (χ0v) is 14.1. The second-order valence-electron chi connectivity index (χ2n) is 5.53. The molecule has 5 heteroatoms. The summed E-state index contributed by atoms with van der Waals surface area (Å²) < 4.78 is 14.0. The average Bonchev–Trinajstić information content (AvgIpc) is 2.54. The molecule has 0 saturated heterocycles. The summed E-state index contributed by atoms with van der Waals surface area (Å²) in [6, 6.07) is 13.5. The molecule has 0 atom stereocenters. The van der Waals surface area contributed by atoms with Crippen LogP contribution in [0, 0.1) is 12.7 Å². The molecule has 0 spiro atoms. The number of benzene rings is 2. The van der Waals surface area contributed by atoms with Gasteiger partial charge in [-0.3, -0.25) is 9.59 Å². The number of hydrogen-bond acceptors (Lipinski definition) is 2. The van der Waals surface area contributed by atoms with E-state index in [1.54, 1.807) is 17.0 Å². The number of aryl methyl sites for hydroxylation is 1. The van der Waals surface area contributed by atoms with Crippen LogP contribution in [0.4, 0.5) is 15.8 Å². The molecular weight excluding hydrogens is 307 g/mol. The number of anilines is 2. The molecule has 2 rings (SSSR count). The first-order valence-corrected chi connectivity index (χ1v) is 7.83. The van der Waals surface area contributed by atoms with E-state index in [0.717, 1.165) is 16.2 Å². The maximum absolute atomic E-state index is 14.0. The fourth-order valence-electron chi connectivity index (χ4n) is 2.56. The zero-order chi connectivity index (χ0) is 17.7. The lowest BCUT2D eigenvalue weighted by Crippen LogP contribution is -2.42. The van der Waals surface area contributed by atoms with Crippen LogP contribution in [0.25, 0.3) is 0 Å². The molecule has 0 N–H and O–H groups in total. The van der Waals surface area contributed by atoms with E-state index in [1.807, 2.05) is 38.1 Å². The van der Waals surface area contributed by atoms with Gasteiger partial charge < -0.3 is 9.80 Å². The predicted octanol–water partition coefficient (Wildman–Crippen LogP) is 3.54. The normalized spacial score (nSPS) is 10.3. The van der Waals surface area contributed by atoms with Crippen molar-refractivity contribution in [3.8, 4) is 0 Å². The number of rotatable bonds is 5. The Morgan fingerprint density at radius 1 is 1.04 bits per heavy atom. The van der Waals surface area contributed by atoms with Crippen molar-refractivity contribution in [3.05, 3.63) is 59.9 Å². The minimum absolute atomic E-state index is 0.110. The van der Waals surface area contributed by atoms with Crippen molar-refractivity contribution in [1.29, 1.82) is 0 Å². The third-order valence-corrected chi connectivity index (χ3v) is 3.75. The summed E-state index contributed by atoms with van der Waals surface area (Å²) in [4.78, 5) is 27.4. The van der Waals surface area contributed by atoms with Gasteiger partial charge in [0.1, 0.15) is 12.4 Å². The van der Waals surface area contributed by atoms with Crippen molar-refractivity contribution in [2.45, 2.75) is 20.8 Å². The summed E-state index contributed by atoms with van der Waals surface area (Å²) in [5, 5.41) is 0. The second kappa shape index (κ2) is 7.73. The van der Waals surface area contributed by atoms with Crippen LogP contribution < -0.4 is 9.80 Å². The fraction of sp³-hybridized carbons (Fsp3) is 0.263. The summed E-state index contributed by atoms with van der Waals surface area (Å²) in [7, 11) is 0. The maximum Gasteiger partial charge on any atom is 0.247 e. The van der Waals surface area contributed by atoms with Crippen molar-refractivity contribution in [2.24, 2.45) is 0 Å². The second-order valence-corrected chi connectivity index (χ2v) is 5.53. The molecule has 0 radical (unpaired) electrons. The van der Waals surface area contributed by atoms with Crippen molar-refractivity contribution in [3.63, 3.8) is 0 Å². The molecule has 2 aromatic carbocycles. The molecule has 0 fully saturated rings. The van der Waals surface area contributed by atoms with E-state index < -0.39 is 5.82 Å². The molecule has 2 amide bonds. The van der Waals surface area contributed by atoms with Gasteiger partial charge in [-0.1, -0.05) is 24.3 Å². The highest BCUT2D eigenvalue weighted by atomic mass is 19.1. The Kier molecular flexibility index (Phi) is 5.68. The van der Waals surface area contributed by atoms with Gasteiger partial charge in [0.15, 0.2) is 0 Å². The SMILES string of the molecule is CCN(C(=O)CN(C(C)=O)c1ccccc1F)c1cccc(C)c1. The third-order valence-electron chi connectivity index (χ3n) is 3.75. The van der Waals surface area contributed by atoms with Crippen LogP contribution in [-0.2, 0) is 9.59 Å². The Morgan fingerprint density at radius 2 is 1.75 bits per heavy atom. The largest absolute Gasteiger partial charge is 0.311 e. The first-order valence-electron chi connectivity index (χ1n) is 7.83. The van der Waals surface area contributed by atoms with Gasteiger partial charge in [0.2, 0.25) is 11.8 Å². The molecule has 2 aromatic rings. The average molecular weight is 328 g/mol. The first-order chi connectivity index (χ1) is 11.4. The number of carbonyl (C=O) groups excluding carboxylic acids is 2. The predicted molar refractivity (Wildman–Crippen MR) is 93.6 cm³/mol. The molecular formula is C19H21FN2O2. The summed E-state index contributed by atoms with van der Waals surface area (Å²) >= 11 is 0. The molecule has 0 bridgehead atoms. The number of halogens is 1. The van der Waals surface area contributed by atoms with Gasteiger partial charge in [0.05, 0.1) is 5.69 Å². The number of hydrogen-bond donors (Lipinski definition) is 0. The molecule has 24 heavy (non-hydrogen) atoms. The van der Waals surface area contributed by atoms with Gasteiger partial charge in [-0.05, 0) is 43.7 Å². The van der Waals surface area contributed by atoms with Crippen LogP contribution in [0.3, 0.4) is 0 Å². The Balaban J connectivity index is 2.27. The molecule has 0 aliphatic carbocycles. The van der Waals surface area contributed by atoms with Gasteiger partial charge in [0.25, 0.3) is 0 Å². The van der Waals surface area contributed by atoms with Gasteiger partial charge in [-0.25, -0.2) is 4.39 Å². The maximum atomic E-state index is 14.0. The third kappa shape index (κ3) is 3.98. The van der Waals surface area contributed by atoms with E-state index >= 15 is 0 Å². The van der Waals surface area contributed by atoms with Crippen LogP contribution in [0.5, 0.6) is 0 Å². The number of amides is 2. The fourth-order valence-corrected chi connectivity index (χ4v) is 2.56. The van der Waals surface area contributed by atoms with Crippen molar-refractivity contribution in [1.82, 2.24) is 0 Å². The van der Waals surface area contributed by atoms with Gasteiger partial charge in [0, 0.05) is 19.2 Å². The molecule has 0 aliphatic rings. The smallest absolute Gasteiger partial charge is 0.247 e. The molecule has 0 aromatic heterocycles. The van der Waals surface area contributed by atoms with Crippen molar-refractivity contribution in [2.75, 3.05) is 22.9 Å². The Bertz CT molecular complexity index is 746. The highest BCUT2D eigenvalue weighted by Crippen LogP contribution is 2.21. The lowest BCUT2D eigenvalue weighted by atomic mass is 10.2. The van der Waals surface area contributed by atoms with Crippen molar-refractivity contribution < 1.29 is 14.0 Å². The van der Waals surface area contributed by atoms with Crippen LogP contribution in [-0.4, -0.2) is 24.9 Å². The Hall–Kier alpha value is -2.69. The quantitative estimate of drug-likeness (QED) is 0.842. The van der Waals surface area contributed by atoms with E-state index in [2.05, 4.69) is 0 Å². The molecule has 0 aliphatic heterocycles. The van der Waals surface area contributed by atoms with E-state index in [1.165, 1.54) is 19.1 Å². The number of nitrogens with zero attached hydrogens (tertiary/aromatic N) is 2. The lowest BCUT2D eigenvalue weighted by Gasteiger charge is -2.26. The number of carbonyl (C=O) groups is 2. The molecule has 4 nitrogen and oxygen atoms in total. The topological polar surface area (TPSA) is 40.6 Å². The number of likely N-dealkylation sites (N-methyl/N-ethyl adjacent to an activating group) is 1. The molecule has 0 heterocycles. The Morgan fingerprint density at radius 3 is 2.33 bits per heavy atom. The standard InChI is InChI=1S/C19H21FN2O2/c1-4-21(16-9-7-8-14(2)12-16)19(24)13-22(15(3)23)18-11-6-5-10-17(18)20/h5-12H,4,13H2,1-3H3. The van der Waals surface area contributed by atoms with Crippen LogP contribution >= 0.6 is 0 Å². The van der Waals surface area contributed by atoms with E-state index in [9.17, 15) is 14.0 Å². The molecule has 0 saturated carbocycles. The highest BCUT2D eigenvalue weighted by molar-refractivity contribution is 6.03. The zero-order valence-electron chi connectivity index (χ0n) is 14.1. The highest BCUT2D eigenvalue weighted by Gasteiger charge is 2.22. The molecule has 0 unspecified atom stereocenters. The summed E-state index contributed by atoms with van der Waals surface area (Å²) in [6.07, 6.45) is 0. The summed E-state index contributed by atoms with van der Waals surface area (Å²) in [5.74, 6) is -1.17. The first kappa shape index (κ1) is 17.7. The van der Waals surface area contributed by atoms with Gasteiger partial charge >= 0.3 is 0 Å². The van der Waals surface area contributed by atoms with Gasteiger partial charge in [-0.15, -0.1) is 0 Å². The minimum Gasteiger partial charge on any atom is -0.311 e. The van der Waals surface area contributed by atoms with E-state index in [4.69, 9.17) is 0 Å². The molecule has 126 valence electrons. The summed E-state index contributed by atoms with van der Waals surface area (Å²) in [6.45, 7) is 5.39. The van der Waals surface area contributed by atoms with E-state index in [0.29, 0.717) is 6.54 Å².